The molecule has 1 aliphatic carbocycles. The third-order valence-electron chi connectivity index (χ3n) is 3.02. The minimum absolute atomic E-state index is 0.559. The van der Waals surface area contributed by atoms with Gasteiger partial charge in [-0.15, -0.1) is 0 Å². The molecule has 0 spiro atoms. The zero-order valence-corrected chi connectivity index (χ0v) is 13.4. The summed E-state index contributed by atoms with van der Waals surface area (Å²) in [6.45, 7) is 0.757. The fourth-order valence-electron chi connectivity index (χ4n) is 1.89. The summed E-state index contributed by atoms with van der Waals surface area (Å²) in [5.74, 6) is 2.39. The van der Waals surface area contributed by atoms with Crippen molar-refractivity contribution in [1.82, 2.24) is 9.97 Å². The quantitative estimate of drug-likeness (QED) is 0.791. The van der Waals surface area contributed by atoms with Crippen LogP contribution < -0.4 is 5.32 Å². The predicted octanol–water partition coefficient (Wildman–Crippen LogP) is 4.49. The zero-order chi connectivity index (χ0) is 13.2. The van der Waals surface area contributed by atoms with Gasteiger partial charge < -0.3 is 5.32 Å². The number of aromatic nitrogens is 2. The third kappa shape index (κ3) is 3.54. The van der Waals surface area contributed by atoms with Crippen LogP contribution in [0.25, 0.3) is 0 Å². The van der Waals surface area contributed by atoms with Gasteiger partial charge in [0.25, 0.3) is 0 Å². The molecule has 19 heavy (non-hydrogen) atoms. The lowest BCUT2D eigenvalue weighted by Gasteiger charge is -2.08. The lowest BCUT2D eigenvalue weighted by atomic mass is 10.2. The van der Waals surface area contributed by atoms with Crippen molar-refractivity contribution < 1.29 is 0 Å². The van der Waals surface area contributed by atoms with Crippen molar-refractivity contribution in [2.75, 3.05) is 5.32 Å². The summed E-state index contributed by atoms with van der Waals surface area (Å²) < 4.78 is 1.94. The molecule has 0 unspecified atom stereocenters. The van der Waals surface area contributed by atoms with E-state index in [0.29, 0.717) is 5.92 Å². The van der Waals surface area contributed by atoms with Crippen LogP contribution in [0.3, 0.4) is 0 Å². The van der Waals surface area contributed by atoms with E-state index in [4.69, 9.17) is 0 Å². The molecule has 1 aliphatic rings. The Morgan fingerprint density at radius 2 is 2.00 bits per heavy atom. The maximum atomic E-state index is 4.57. The van der Waals surface area contributed by atoms with Gasteiger partial charge in [-0.25, -0.2) is 9.97 Å². The van der Waals surface area contributed by atoms with Gasteiger partial charge in [-0.1, -0.05) is 28.1 Å². The van der Waals surface area contributed by atoms with Crippen LogP contribution in [-0.4, -0.2) is 9.97 Å². The fraction of sp³-hybridized carbons (Fsp3) is 0.286. The number of hydrogen-bond donors (Lipinski definition) is 1. The Hall–Kier alpha value is -0.940. The Kier molecular flexibility index (Phi) is 3.84. The van der Waals surface area contributed by atoms with E-state index in [1.165, 1.54) is 18.4 Å². The minimum Gasteiger partial charge on any atom is -0.366 e. The molecule has 1 aromatic heterocycles. The van der Waals surface area contributed by atoms with Crippen LogP contribution in [0.1, 0.15) is 30.1 Å². The van der Waals surface area contributed by atoms with Gasteiger partial charge in [0.05, 0.1) is 0 Å². The molecule has 3 rings (SSSR count). The highest BCUT2D eigenvalue weighted by atomic mass is 79.9. The van der Waals surface area contributed by atoms with Crippen molar-refractivity contribution in [3.05, 3.63) is 50.8 Å². The summed E-state index contributed by atoms with van der Waals surface area (Å²) >= 11 is 6.93. The Balaban J connectivity index is 1.72. The molecule has 1 heterocycles. The molecule has 0 saturated heterocycles. The second-order valence-corrected chi connectivity index (χ2v) is 6.42. The van der Waals surface area contributed by atoms with Gasteiger partial charge in [0.1, 0.15) is 16.2 Å². The van der Waals surface area contributed by atoms with E-state index in [9.17, 15) is 0 Å². The Morgan fingerprint density at radius 3 is 2.74 bits per heavy atom. The van der Waals surface area contributed by atoms with Crippen molar-refractivity contribution in [2.45, 2.75) is 25.3 Å². The molecule has 0 aliphatic heterocycles. The predicted molar refractivity (Wildman–Crippen MR) is 83.2 cm³/mol. The molecule has 1 saturated carbocycles. The summed E-state index contributed by atoms with van der Waals surface area (Å²) in [5, 5.41) is 3.35. The van der Waals surface area contributed by atoms with Crippen molar-refractivity contribution >= 4 is 37.7 Å². The number of halogens is 2. The van der Waals surface area contributed by atoms with Crippen molar-refractivity contribution in [1.29, 1.82) is 0 Å². The SMILES string of the molecule is Brc1cccc(CNc2cc(Br)nc(C3CC3)n2)c1. The summed E-state index contributed by atoms with van der Waals surface area (Å²) in [7, 11) is 0. The Labute approximate surface area is 129 Å². The first-order valence-corrected chi connectivity index (χ1v) is 7.82. The zero-order valence-electron chi connectivity index (χ0n) is 10.2. The number of hydrogen-bond acceptors (Lipinski definition) is 3. The Morgan fingerprint density at radius 1 is 1.16 bits per heavy atom. The van der Waals surface area contributed by atoms with Gasteiger partial charge in [0.15, 0.2) is 0 Å². The number of nitrogens with one attached hydrogen (secondary N) is 1. The second kappa shape index (κ2) is 5.59. The lowest BCUT2D eigenvalue weighted by Crippen LogP contribution is -2.04. The van der Waals surface area contributed by atoms with Crippen LogP contribution in [0.2, 0.25) is 0 Å². The molecule has 1 N–H and O–H groups in total. The molecule has 0 bridgehead atoms. The van der Waals surface area contributed by atoms with Crippen molar-refractivity contribution in [2.24, 2.45) is 0 Å². The number of rotatable bonds is 4. The van der Waals surface area contributed by atoms with Crippen molar-refractivity contribution in [3.63, 3.8) is 0 Å². The van der Waals surface area contributed by atoms with E-state index in [-0.39, 0.29) is 0 Å². The number of anilines is 1. The molecular formula is C14H13Br2N3. The third-order valence-corrected chi connectivity index (χ3v) is 3.92. The molecular weight excluding hydrogens is 370 g/mol. The fourth-order valence-corrected chi connectivity index (χ4v) is 2.73. The van der Waals surface area contributed by atoms with Gasteiger partial charge in [-0.2, -0.15) is 0 Å². The van der Waals surface area contributed by atoms with E-state index in [1.807, 2.05) is 18.2 Å². The molecule has 3 nitrogen and oxygen atoms in total. The largest absolute Gasteiger partial charge is 0.366 e. The molecule has 1 aromatic carbocycles. The van der Waals surface area contributed by atoms with E-state index in [0.717, 1.165) is 27.3 Å². The molecule has 0 radical (unpaired) electrons. The van der Waals surface area contributed by atoms with Gasteiger partial charge in [-0.05, 0) is 46.5 Å². The second-order valence-electron chi connectivity index (χ2n) is 4.69. The standard InChI is InChI=1S/C14H13Br2N3/c15-11-3-1-2-9(6-11)8-17-13-7-12(16)18-14(19-13)10-4-5-10/h1-3,6-7,10H,4-5,8H2,(H,17,18,19). The monoisotopic (exact) mass is 381 g/mol. The highest BCUT2D eigenvalue weighted by Crippen LogP contribution is 2.38. The first kappa shape index (κ1) is 13.1. The minimum atomic E-state index is 0.559. The summed E-state index contributed by atoms with van der Waals surface area (Å²) in [6.07, 6.45) is 2.42. The first-order valence-electron chi connectivity index (χ1n) is 6.23. The highest BCUT2D eigenvalue weighted by molar-refractivity contribution is 9.10. The van der Waals surface area contributed by atoms with Gasteiger partial charge in [0.2, 0.25) is 0 Å². The number of nitrogens with zero attached hydrogens (tertiary/aromatic N) is 2. The summed E-state index contributed by atoms with van der Waals surface area (Å²) in [4.78, 5) is 8.99. The van der Waals surface area contributed by atoms with Crippen molar-refractivity contribution in [3.8, 4) is 0 Å². The van der Waals surface area contributed by atoms with Crippen LogP contribution in [-0.2, 0) is 6.54 Å². The lowest BCUT2D eigenvalue weighted by molar-refractivity contribution is 0.910. The van der Waals surface area contributed by atoms with E-state index < -0.39 is 0 Å². The average molecular weight is 383 g/mol. The molecule has 98 valence electrons. The molecule has 0 atom stereocenters. The summed E-state index contributed by atoms with van der Waals surface area (Å²) in [6, 6.07) is 10.2. The maximum absolute atomic E-state index is 4.57. The van der Waals surface area contributed by atoms with Gasteiger partial charge in [0, 0.05) is 23.0 Å². The number of benzene rings is 1. The van der Waals surface area contributed by atoms with Crippen LogP contribution in [0, 0.1) is 0 Å². The van der Waals surface area contributed by atoms with Crippen LogP contribution in [0.15, 0.2) is 39.4 Å². The van der Waals surface area contributed by atoms with Crippen LogP contribution >= 0.6 is 31.9 Å². The van der Waals surface area contributed by atoms with E-state index >= 15 is 0 Å². The first-order chi connectivity index (χ1) is 9.20. The normalized spacial score (nSPS) is 14.4. The Bertz CT molecular complexity index is 597. The highest BCUT2D eigenvalue weighted by Gasteiger charge is 2.27. The van der Waals surface area contributed by atoms with Crippen LogP contribution in [0.4, 0.5) is 5.82 Å². The molecule has 5 heteroatoms. The van der Waals surface area contributed by atoms with Gasteiger partial charge in [-0.3, -0.25) is 0 Å². The van der Waals surface area contributed by atoms with Crippen LogP contribution in [0.5, 0.6) is 0 Å². The molecule has 2 aromatic rings. The summed E-state index contributed by atoms with van der Waals surface area (Å²) in [5.41, 5.74) is 1.22. The average Bonchev–Trinajstić information content (AvgIpc) is 3.20. The van der Waals surface area contributed by atoms with E-state index in [1.54, 1.807) is 0 Å². The van der Waals surface area contributed by atoms with Gasteiger partial charge >= 0.3 is 0 Å². The molecule has 0 amide bonds. The molecule has 1 fully saturated rings. The smallest absolute Gasteiger partial charge is 0.135 e. The maximum Gasteiger partial charge on any atom is 0.135 e. The van der Waals surface area contributed by atoms with E-state index in [2.05, 4.69) is 59.3 Å². The topological polar surface area (TPSA) is 37.8 Å².